The zero-order valence-electron chi connectivity index (χ0n) is 11.3. The van der Waals surface area contributed by atoms with Crippen LogP contribution in [0, 0.1) is 5.82 Å². The van der Waals surface area contributed by atoms with Crippen molar-refractivity contribution in [1.29, 1.82) is 0 Å². The van der Waals surface area contributed by atoms with Crippen molar-refractivity contribution in [2.75, 3.05) is 19.4 Å². The van der Waals surface area contributed by atoms with Crippen molar-refractivity contribution in [3.05, 3.63) is 29.6 Å². The van der Waals surface area contributed by atoms with Crippen molar-refractivity contribution in [3.8, 4) is 5.75 Å². The quantitative estimate of drug-likeness (QED) is 0.923. The van der Waals surface area contributed by atoms with E-state index < -0.39 is 10.8 Å². The fourth-order valence-electron chi connectivity index (χ4n) is 2.19. The molecule has 2 rings (SSSR count). The van der Waals surface area contributed by atoms with Gasteiger partial charge in [-0.2, -0.15) is 0 Å². The molecule has 0 spiro atoms. The van der Waals surface area contributed by atoms with Crippen LogP contribution in [0.3, 0.4) is 0 Å². The van der Waals surface area contributed by atoms with Crippen LogP contribution < -0.4 is 10.1 Å². The third-order valence-corrected chi connectivity index (χ3v) is 4.76. The van der Waals surface area contributed by atoms with Crippen molar-refractivity contribution in [2.45, 2.75) is 31.1 Å². The predicted molar refractivity (Wildman–Crippen MR) is 75.4 cm³/mol. The van der Waals surface area contributed by atoms with Gasteiger partial charge >= 0.3 is 0 Å². The maximum Gasteiger partial charge on any atom is 0.124 e. The zero-order valence-corrected chi connectivity index (χ0v) is 12.1. The van der Waals surface area contributed by atoms with Gasteiger partial charge in [-0.1, -0.05) is 0 Å². The van der Waals surface area contributed by atoms with E-state index in [1.54, 1.807) is 12.3 Å². The van der Waals surface area contributed by atoms with Gasteiger partial charge in [0.05, 0.1) is 6.61 Å². The SMILES string of the molecule is C[C@H](CN[C@@H]1CCCOc2ccc(F)cc21)[S@@](C)=O. The molecule has 0 fully saturated rings. The summed E-state index contributed by atoms with van der Waals surface area (Å²) < 4.78 is 30.4. The second-order valence-corrected chi connectivity index (χ2v) is 6.74. The molecule has 3 atom stereocenters. The molecule has 3 nitrogen and oxygen atoms in total. The van der Waals surface area contributed by atoms with Gasteiger partial charge in [-0.15, -0.1) is 0 Å². The van der Waals surface area contributed by atoms with Crippen molar-refractivity contribution in [3.63, 3.8) is 0 Å². The second kappa shape index (κ2) is 6.48. The van der Waals surface area contributed by atoms with Gasteiger partial charge in [-0.3, -0.25) is 4.21 Å². The number of fused-ring (bicyclic) bond motifs is 1. The summed E-state index contributed by atoms with van der Waals surface area (Å²) in [5.74, 6) is 0.504. The molecule has 0 saturated heterocycles. The lowest BCUT2D eigenvalue weighted by Crippen LogP contribution is -2.31. The summed E-state index contributed by atoms with van der Waals surface area (Å²) >= 11 is 0. The Morgan fingerprint density at radius 2 is 2.37 bits per heavy atom. The van der Waals surface area contributed by atoms with Crippen LogP contribution >= 0.6 is 0 Å². The first-order valence-electron chi connectivity index (χ1n) is 6.56. The molecule has 0 saturated carbocycles. The molecule has 1 heterocycles. The van der Waals surface area contributed by atoms with Crippen LogP contribution in [0.25, 0.3) is 0 Å². The molecule has 0 unspecified atom stereocenters. The van der Waals surface area contributed by atoms with Crippen LogP contribution in [0.4, 0.5) is 4.39 Å². The molecule has 106 valence electrons. The Hall–Kier alpha value is -0.940. The Bertz CT molecular complexity index is 467. The van der Waals surface area contributed by atoms with E-state index in [9.17, 15) is 8.60 Å². The third kappa shape index (κ3) is 3.76. The van der Waals surface area contributed by atoms with Crippen LogP contribution in [0.2, 0.25) is 0 Å². The highest BCUT2D eigenvalue weighted by atomic mass is 32.2. The number of rotatable bonds is 4. The van der Waals surface area contributed by atoms with E-state index >= 15 is 0 Å². The van der Waals surface area contributed by atoms with Crippen LogP contribution in [-0.4, -0.2) is 28.9 Å². The summed E-state index contributed by atoms with van der Waals surface area (Å²) in [5.41, 5.74) is 0.867. The maximum atomic E-state index is 13.4. The lowest BCUT2D eigenvalue weighted by atomic mass is 10.0. The Balaban J connectivity index is 2.12. The maximum absolute atomic E-state index is 13.4. The van der Waals surface area contributed by atoms with E-state index in [0.29, 0.717) is 13.2 Å². The van der Waals surface area contributed by atoms with Gasteiger partial charge in [0.15, 0.2) is 0 Å². The van der Waals surface area contributed by atoms with Crippen LogP contribution in [0.1, 0.15) is 31.4 Å². The van der Waals surface area contributed by atoms with E-state index in [1.807, 2.05) is 6.92 Å². The third-order valence-electron chi connectivity index (χ3n) is 3.46. The lowest BCUT2D eigenvalue weighted by Gasteiger charge is -2.20. The first-order valence-corrected chi connectivity index (χ1v) is 8.18. The Morgan fingerprint density at radius 3 is 3.11 bits per heavy atom. The van der Waals surface area contributed by atoms with Crippen molar-refractivity contribution in [2.24, 2.45) is 0 Å². The smallest absolute Gasteiger partial charge is 0.124 e. The summed E-state index contributed by atoms with van der Waals surface area (Å²) in [4.78, 5) is 0. The van der Waals surface area contributed by atoms with Crippen molar-refractivity contribution >= 4 is 10.8 Å². The van der Waals surface area contributed by atoms with Gasteiger partial charge in [-0.05, 0) is 38.0 Å². The van der Waals surface area contributed by atoms with Crippen molar-refractivity contribution in [1.82, 2.24) is 5.32 Å². The summed E-state index contributed by atoms with van der Waals surface area (Å²) in [5, 5.41) is 3.47. The van der Waals surface area contributed by atoms with E-state index in [0.717, 1.165) is 24.2 Å². The lowest BCUT2D eigenvalue weighted by molar-refractivity contribution is 0.315. The molecule has 19 heavy (non-hydrogen) atoms. The molecule has 5 heteroatoms. The van der Waals surface area contributed by atoms with Crippen LogP contribution in [-0.2, 0) is 10.8 Å². The molecule has 1 aliphatic heterocycles. The molecule has 0 bridgehead atoms. The summed E-state index contributed by atoms with van der Waals surface area (Å²) in [7, 11) is -0.849. The minimum absolute atomic E-state index is 0.0687. The number of halogens is 1. The van der Waals surface area contributed by atoms with E-state index in [2.05, 4.69) is 5.32 Å². The van der Waals surface area contributed by atoms with Crippen LogP contribution in [0.15, 0.2) is 18.2 Å². The highest BCUT2D eigenvalue weighted by molar-refractivity contribution is 7.84. The number of ether oxygens (including phenoxy) is 1. The summed E-state index contributed by atoms with van der Waals surface area (Å²) in [6.07, 6.45) is 3.53. The van der Waals surface area contributed by atoms with Gasteiger partial charge in [0.1, 0.15) is 11.6 Å². The van der Waals surface area contributed by atoms with Gasteiger partial charge in [0.2, 0.25) is 0 Å². The molecule has 0 amide bonds. The molecule has 0 aromatic heterocycles. The molecular formula is C14H20FNO2S. The average molecular weight is 285 g/mol. The first-order chi connectivity index (χ1) is 9.08. The number of nitrogens with one attached hydrogen (secondary N) is 1. The summed E-state index contributed by atoms with van der Waals surface area (Å²) in [6, 6.07) is 4.71. The minimum atomic E-state index is -0.849. The second-order valence-electron chi connectivity index (χ2n) is 4.94. The van der Waals surface area contributed by atoms with Gasteiger partial charge in [-0.25, -0.2) is 4.39 Å². The summed E-state index contributed by atoms with van der Waals surface area (Å²) in [6.45, 7) is 3.26. The molecule has 0 aliphatic carbocycles. The molecule has 1 aliphatic rings. The average Bonchev–Trinajstić information content (AvgIpc) is 2.57. The van der Waals surface area contributed by atoms with E-state index in [4.69, 9.17) is 4.74 Å². The normalized spacial score (nSPS) is 21.9. The minimum Gasteiger partial charge on any atom is -0.493 e. The predicted octanol–water partition coefficient (Wildman–Crippen LogP) is 2.40. The Morgan fingerprint density at radius 1 is 1.58 bits per heavy atom. The monoisotopic (exact) mass is 285 g/mol. The zero-order chi connectivity index (χ0) is 13.8. The molecule has 0 radical (unpaired) electrons. The highest BCUT2D eigenvalue weighted by Crippen LogP contribution is 2.31. The Labute approximate surface area is 116 Å². The highest BCUT2D eigenvalue weighted by Gasteiger charge is 2.21. The standard InChI is InChI=1S/C14H20FNO2S/c1-10(19(2)17)9-16-13-4-3-7-18-14-6-5-11(15)8-12(13)14/h5-6,8,10,13,16H,3-4,7,9H2,1-2H3/t10-,13-,19-/m1/s1. The van der Waals surface area contributed by atoms with Gasteiger partial charge in [0, 0.05) is 40.5 Å². The first kappa shape index (κ1) is 14.5. The topological polar surface area (TPSA) is 38.3 Å². The molecule has 1 N–H and O–H groups in total. The van der Waals surface area contributed by atoms with Gasteiger partial charge < -0.3 is 10.1 Å². The fraction of sp³-hybridized carbons (Fsp3) is 0.571. The number of hydrogen-bond acceptors (Lipinski definition) is 3. The molecule has 1 aromatic rings. The van der Waals surface area contributed by atoms with Crippen molar-refractivity contribution < 1.29 is 13.3 Å². The van der Waals surface area contributed by atoms with Crippen LogP contribution in [0.5, 0.6) is 5.75 Å². The van der Waals surface area contributed by atoms with E-state index in [-0.39, 0.29) is 17.1 Å². The molecular weight excluding hydrogens is 265 g/mol. The largest absolute Gasteiger partial charge is 0.493 e. The van der Waals surface area contributed by atoms with Gasteiger partial charge in [0.25, 0.3) is 0 Å². The molecule has 1 aromatic carbocycles. The Kier molecular flexibility index (Phi) is 4.93. The number of hydrogen-bond donors (Lipinski definition) is 1. The van der Waals surface area contributed by atoms with E-state index in [1.165, 1.54) is 12.1 Å². The fourth-order valence-corrected chi connectivity index (χ4v) is 2.52. The number of benzene rings is 1.